The fraction of sp³-hybridized carbons (Fsp3) is 0.316. The van der Waals surface area contributed by atoms with Crippen molar-refractivity contribution in [1.82, 2.24) is 10.2 Å². The van der Waals surface area contributed by atoms with Crippen molar-refractivity contribution in [3.05, 3.63) is 54.6 Å². The minimum absolute atomic E-state index is 0.168. The van der Waals surface area contributed by atoms with E-state index < -0.39 is 0 Å². The van der Waals surface area contributed by atoms with Gasteiger partial charge >= 0.3 is 6.03 Å². The number of anilines is 1. The third-order valence-electron chi connectivity index (χ3n) is 4.12. The second-order valence-electron chi connectivity index (χ2n) is 6.28. The minimum atomic E-state index is -0.168. The summed E-state index contributed by atoms with van der Waals surface area (Å²) in [4.78, 5) is 14.3. The fourth-order valence-electron chi connectivity index (χ4n) is 2.86. The Balaban J connectivity index is 1.52. The SMILES string of the molecule is CN1CCCC(NC(=O)Nc2ccc(N=Nc3ccccc3)cc2)C1. The van der Waals surface area contributed by atoms with Crippen LogP contribution in [0.15, 0.2) is 64.8 Å². The first-order chi connectivity index (χ1) is 12.2. The number of benzene rings is 2. The molecule has 0 bridgehead atoms. The number of piperidine rings is 1. The molecule has 1 aliphatic heterocycles. The number of urea groups is 1. The maximum absolute atomic E-state index is 12.1. The summed E-state index contributed by atoms with van der Waals surface area (Å²) in [5.41, 5.74) is 2.28. The van der Waals surface area contributed by atoms with E-state index in [0.29, 0.717) is 0 Å². The van der Waals surface area contributed by atoms with E-state index in [2.05, 4.69) is 32.8 Å². The van der Waals surface area contributed by atoms with Gasteiger partial charge in [-0.1, -0.05) is 18.2 Å². The van der Waals surface area contributed by atoms with Gasteiger partial charge in [-0.05, 0) is 62.8 Å². The summed E-state index contributed by atoms with van der Waals surface area (Å²) in [6.07, 6.45) is 2.14. The molecule has 0 aromatic heterocycles. The Hall–Kier alpha value is -2.73. The molecule has 25 heavy (non-hydrogen) atoms. The van der Waals surface area contributed by atoms with Crippen molar-refractivity contribution in [2.75, 3.05) is 25.5 Å². The number of carbonyl (C=O) groups excluding carboxylic acids is 1. The molecule has 6 heteroatoms. The first-order valence-electron chi connectivity index (χ1n) is 8.52. The van der Waals surface area contributed by atoms with Crippen LogP contribution in [0.1, 0.15) is 12.8 Å². The number of amides is 2. The summed E-state index contributed by atoms with van der Waals surface area (Å²) in [5, 5.41) is 14.3. The molecule has 2 N–H and O–H groups in total. The molecule has 2 aromatic rings. The van der Waals surface area contributed by atoms with Gasteiger partial charge in [0.15, 0.2) is 0 Å². The molecule has 0 radical (unpaired) electrons. The van der Waals surface area contributed by atoms with E-state index in [0.717, 1.165) is 43.0 Å². The number of nitrogens with one attached hydrogen (secondary N) is 2. The van der Waals surface area contributed by atoms with Gasteiger partial charge in [0.05, 0.1) is 11.4 Å². The summed E-state index contributed by atoms with van der Waals surface area (Å²) in [7, 11) is 2.08. The highest BCUT2D eigenvalue weighted by molar-refractivity contribution is 5.89. The van der Waals surface area contributed by atoms with Crippen LogP contribution in [0.2, 0.25) is 0 Å². The second kappa shape index (κ2) is 8.39. The number of likely N-dealkylation sites (tertiary alicyclic amines) is 1. The molecular formula is C19H23N5O. The van der Waals surface area contributed by atoms with Gasteiger partial charge in [-0.3, -0.25) is 0 Å². The zero-order valence-electron chi connectivity index (χ0n) is 14.4. The monoisotopic (exact) mass is 337 g/mol. The summed E-state index contributed by atoms with van der Waals surface area (Å²) < 4.78 is 0. The third kappa shape index (κ3) is 5.39. The molecule has 0 saturated carbocycles. The molecule has 1 fully saturated rings. The van der Waals surface area contributed by atoms with E-state index in [9.17, 15) is 4.79 Å². The highest BCUT2D eigenvalue weighted by Crippen LogP contribution is 2.20. The Kier molecular flexibility index (Phi) is 5.74. The lowest BCUT2D eigenvalue weighted by atomic mass is 10.1. The number of nitrogens with zero attached hydrogens (tertiary/aromatic N) is 3. The van der Waals surface area contributed by atoms with Crippen LogP contribution in [-0.2, 0) is 0 Å². The van der Waals surface area contributed by atoms with Crippen LogP contribution >= 0.6 is 0 Å². The number of hydrogen-bond acceptors (Lipinski definition) is 4. The molecule has 2 aromatic carbocycles. The zero-order chi connectivity index (χ0) is 17.5. The molecule has 0 spiro atoms. The van der Waals surface area contributed by atoms with Crippen molar-refractivity contribution in [3.8, 4) is 0 Å². The molecule has 3 rings (SSSR count). The molecule has 1 heterocycles. The normalized spacial score (nSPS) is 18.2. The Morgan fingerprint density at radius 1 is 1.04 bits per heavy atom. The number of likely N-dealkylation sites (N-methyl/N-ethyl adjacent to an activating group) is 1. The molecule has 130 valence electrons. The number of carbonyl (C=O) groups is 1. The largest absolute Gasteiger partial charge is 0.334 e. The molecular weight excluding hydrogens is 314 g/mol. The van der Waals surface area contributed by atoms with Crippen LogP contribution < -0.4 is 10.6 Å². The Bertz CT molecular complexity index is 714. The van der Waals surface area contributed by atoms with Crippen molar-refractivity contribution in [2.45, 2.75) is 18.9 Å². The summed E-state index contributed by atoms with van der Waals surface area (Å²) >= 11 is 0. The molecule has 1 saturated heterocycles. The predicted octanol–water partition coefficient (Wildman–Crippen LogP) is 4.32. The highest BCUT2D eigenvalue weighted by Gasteiger charge is 2.18. The summed E-state index contributed by atoms with van der Waals surface area (Å²) in [6.45, 7) is 1.99. The van der Waals surface area contributed by atoms with Gasteiger partial charge < -0.3 is 15.5 Å². The van der Waals surface area contributed by atoms with Crippen LogP contribution in [0.4, 0.5) is 21.9 Å². The Labute approximate surface area is 148 Å². The highest BCUT2D eigenvalue weighted by atomic mass is 16.2. The van der Waals surface area contributed by atoms with Gasteiger partial charge in [-0.25, -0.2) is 4.79 Å². The van der Waals surface area contributed by atoms with E-state index in [4.69, 9.17) is 0 Å². The number of azo groups is 1. The molecule has 6 nitrogen and oxygen atoms in total. The van der Waals surface area contributed by atoms with Crippen molar-refractivity contribution in [2.24, 2.45) is 10.2 Å². The van der Waals surface area contributed by atoms with Gasteiger partial charge in [-0.2, -0.15) is 10.2 Å². The van der Waals surface area contributed by atoms with Crippen LogP contribution in [0.3, 0.4) is 0 Å². The van der Waals surface area contributed by atoms with Gasteiger partial charge in [-0.15, -0.1) is 0 Å². The molecule has 2 amide bonds. The van der Waals surface area contributed by atoms with Gasteiger partial charge in [0.1, 0.15) is 0 Å². The van der Waals surface area contributed by atoms with Crippen molar-refractivity contribution < 1.29 is 4.79 Å². The second-order valence-corrected chi connectivity index (χ2v) is 6.28. The smallest absolute Gasteiger partial charge is 0.319 e. The summed E-state index contributed by atoms with van der Waals surface area (Å²) in [5.74, 6) is 0. The average Bonchev–Trinajstić information content (AvgIpc) is 2.62. The van der Waals surface area contributed by atoms with Gasteiger partial charge in [0, 0.05) is 18.3 Å². The maximum atomic E-state index is 12.1. The van der Waals surface area contributed by atoms with Gasteiger partial charge in [0.2, 0.25) is 0 Å². The maximum Gasteiger partial charge on any atom is 0.319 e. The minimum Gasteiger partial charge on any atom is -0.334 e. The third-order valence-corrected chi connectivity index (χ3v) is 4.12. The van der Waals surface area contributed by atoms with Crippen molar-refractivity contribution in [1.29, 1.82) is 0 Å². The van der Waals surface area contributed by atoms with Crippen LogP contribution in [-0.4, -0.2) is 37.1 Å². The van der Waals surface area contributed by atoms with E-state index in [1.807, 2.05) is 54.6 Å². The quantitative estimate of drug-likeness (QED) is 0.816. The first-order valence-corrected chi connectivity index (χ1v) is 8.52. The first kappa shape index (κ1) is 17.1. The summed E-state index contributed by atoms with van der Waals surface area (Å²) in [6, 6.07) is 16.9. The molecule has 0 aliphatic carbocycles. The molecule has 1 atom stereocenters. The van der Waals surface area contributed by atoms with E-state index in [1.54, 1.807) is 0 Å². The fourth-order valence-corrected chi connectivity index (χ4v) is 2.86. The molecule has 1 aliphatic rings. The van der Waals surface area contributed by atoms with Crippen molar-refractivity contribution in [3.63, 3.8) is 0 Å². The van der Waals surface area contributed by atoms with Crippen LogP contribution in [0, 0.1) is 0 Å². The topological polar surface area (TPSA) is 69.1 Å². The lowest BCUT2D eigenvalue weighted by Gasteiger charge is -2.30. The standard InChI is InChI=1S/C19H23N5O/c1-24-13-5-8-18(14-24)21-19(25)20-15-9-11-17(12-10-15)23-22-16-6-3-2-4-7-16/h2-4,6-7,9-12,18H,5,8,13-14H2,1H3,(H2,20,21,25). The average molecular weight is 337 g/mol. The van der Waals surface area contributed by atoms with Crippen molar-refractivity contribution >= 4 is 23.1 Å². The van der Waals surface area contributed by atoms with E-state index >= 15 is 0 Å². The lowest BCUT2D eigenvalue weighted by molar-refractivity contribution is 0.216. The Morgan fingerprint density at radius 2 is 1.72 bits per heavy atom. The van der Waals surface area contributed by atoms with Crippen LogP contribution in [0.5, 0.6) is 0 Å². The van der Waals surface area contributed by atoms with Gasteiger partial charge in [0.25, 0.3) is 0 Å². The number of hydrogen-bond donors (Lipinski definition) is 2. The van der Waals surface area contributed by atoms with E-state index in [-0.39, 0.29) is 12.1 Å². The Morgan fingerprint density at radius 3 is 2.40 bits per heavy atom. The van der Waals surface area contributed by atoms with Crippen LogP contribution in [0.25, 0.3) is 0 Å². The predicted molar refractivity (Wildman–Crippen MR) is 99.7 cm³/mol. The zero-order valence-corrected chi connectivity index (χ0v) is 14.4. The van der Waals surface area contributed by atoms with E-state index in [1.165, 1.54) is 0 Å². The molecule has 1 unspecified atom stereocenters. The lowest BCUT2D eigenvalue weighted by Crippen LogP contribution is -2.47. The number of rotatable bonds is 4.